The Kier molecular flexibility index (Phi) is 5.17. The van der Waals surface area contributed by atoms with Gasteiger partial charge in [0.2, 0.25) is 0 Å². The van der Waals surface area contributed by atoms with E-state index < -0.39 is 0 Å². The van der Waals surface area contributed by atoms with Crippen LogP contribution >= 0.6 is 0 Å². The smallest absolute Gasteiger partial charge is 0.335 e. The van der Waals surface area contributed by atoms with Crippen LogP contribution in [0.4, 0.5) is 0 Å². The van der Waals surface area contributed by atoms with Gasteiger partial charge in [0.25, 0.3) is 0 Å². The van der Waals surface area contributed by atoms with Crippen LogP contribution in [0, 0.1) is 0 Å². The zero-order valence-electron chi connectivity index (χ0n) is 8.23. The van der Waals surface area contributed by atoms with Gasteiger partial charge in [0.1, 0.15) is 0 Å². The number of hydrogen-bond acceptors (Lipinski definition) is 3. The molecule has 0 unspecified atom stereocenters. The van der Waals surface area contributed by atoms with Crippen LogP contribution in [0.25, 0.3) is 0 Å². The molecule has 0 aromatic heterocycles. The number of nitrogens with one attached hydrogen (secondary N) is 1. The Bertz CT molecular complexity index is 179. The normalized spacial score (nSPS) is 12.0. The molecule has 0 aliphatic heterocycles. The van der Waals surface area contributed by atoms with E-state index in [1.807, 2.05) is 14.0 Å². The third-order valence-corrected chi connectivity index (χ3v) is 1.69. The van der Waals surface area contributed by atoms with E-state index in [1.54, 1.807) is 13.8 Å². The van der Waals surface area contributed by atoms with Crippen LogP contribution in [0.3, 0.4) is 0 Å². The molecule has 70 valence electrons. The fraction of sp³-hybridized carbons (Fsp3) is 0.667. The minimum Gasteiger partial charge on any atom is -0.463 e. The molecule has 3 nitrogen and oxygen atoms in total. The van der Waals surface area contributed by atoms with E-state index in [0.29, 0.717) is 12.2 Å². The van der Waals surface area contributed by atoms with Gasteiger partial charge in [-0.15, -0.1) is 0 Å². The van der Waals surface area contributed by atoms with E-state index in [-0.39, 0.29) is 5.97 Å². The van der Waals surface area contributed by atoms with Gasteiger partial charge in [-0.3, -0.25) is 0 Å². The summed E-state index contributed by atoms with van der Waals surface area (Å²) in [6.45, 7) is 5.99. The molecule has 0 aromatic carbocycles. The van der Waals surface area contributed by atoms with Crippen molar-refractivity contribution in [3.63, 3.8) is 0 Å². The van der Waals surface area contributed by atoms with Crippen molar-refractivity contribution in [1.82, 2.24) is 5.32 Å². The molecule has 0 atom stereocenters. The van der Waals surface area contributed by atoms with Crippen molar-refractivity contribution < 1.29 is 9.53 Å². The molecule has 12 heavy (non-hydrogen) atoms. The van der Waals surface area contributed by atoms with E-state index in [4.69, 9.17) is 4.74 Å². The maximum absolute atomic E-state index is 11.2. The van der Waals surface area contributed by atoms with Gasteiger partial charge < -0.3 is 10.1 Å². The second-order valence-electron chi connectivity index (χ2n) is 2.43. The Balaban J connectivity index is 4.39. The summed E-state index contributed by atoms with van der Waals surface area (Å²) < 4.78 is 4.85. The van der Waals surface area contributed by atoms with Crippen molar-refractivity contribution in [3.05, 3.63) is 11.3 Å². The van der Waals surface area contributed by atoms with Crippen molar-refractivity contribution in [3.8, 4) is 0 Å². The first-order chi connectivity index (χ1) is 5.67. The van der Waals surface area contributed by atoms with Gasteiger partial charge in [0.05, 0.1) is 12.2 Å². The highest BCUT2D eigenvalue weighted by atomic mass is 16.5. The quantitative estimate of drug-likeness (QED) is 0.514. The van der Waals surface area contributed by atoms with Gasteiger partial charge in [-0.2, -0.15) is 0 Å². The average Bonchev–Trinajstić information content (AvgIpc) is 2.07. The summed E-state index contributed by atoms with van der Waals surface area (Å²) in [4.78, 5) is 11.2. The highest BCUT2D eigenvalue weighted by Crippen LogP contribution is 2.05. The van der Waals surface area contributed by atoms with Gasteiger partial charge in [-0.1, -0.05) is 6.92 Å². The second kappa shape index (κ2) is 5.63. The Morgan fingerprint density at radius 1 is 1.42 bits per heavy atom. The summed E-state index contributed by atoms with van der Waals surface area (Å²) >= 11 is 0. The maximum atomic E-state index is 11.2. The van der Waals surface area contributed by atoms with E-state index in [0.717, 1.165) is 12.1 Å². The highest BCUT2D eigenvalue weighted by molar-refractivity contribution is 5.88. The molecule has 1 N–H and O–H groups in total. The lowest BCUT2D eigenvalue weighted by atomic mass is 10.2. The molecule has 0 fully saturated rings. The molecule has 0 aromatic rings. The third kappa shape index (κ3) is 2.95. The minimum atomic E-state index is -0.233. The third-order valence-electron chi connectivity index (χ3n) is 1.69. The molecule has 0 radical (unpaired) electrons. The number of carbonyl (C=O) groups excluding carboxylic acids is 1. The van der Waals surface area contributed by atoms with Crippen LogP contribution in [-0.4, -0.2) is 19.6 Å². The molecule has 0 spiro atoms. The largest absolute Gasteiger partial charge is 0.463 e. The molecule has 0 saturated heterocycles. The molecule has 0 saturated carbocycles. The molecular formula is C9H17NO2. The average molecular weight is 171 g/mol. The van der Waals surface area contributed by atoms with Crippen molar-refractivity contribution in [1.29, 1.82) is 0 Å². The number of esters is 1. The Labute approximate surface area is 73.8 Å². The molecule has 0 aliphatic carbocycles. The zero-order chi connectivity index (χ0) is 9.56. The van der Waals surface area contributed by atoms with Gasteiger partial charge in [-0.25, -0.2) is 4.79 Å². The van der Waals surface area contributed by atoms with E-state index in [9.17, 15) is 4.79 Å². The summed E-state index contributed by atoms with van der Waals surface area (Å²) in [5.74, 6) is -0.233. The first kappa shape index (κ1) is 11.0. The predicted octanol–water partition coefficient (Wildman–Crippen LogP) is 1.45. The number of hydrogen-bond donors (Lipinski definition) is 1. The van der Waals surface area contributed by atoms with Crippen LogP contribution in [0.2, 0.25) is 0 Å². The van der Waals surface area contributed by atoms with E-state index in [1.165, 1.54) is 0 Å². The topological polar surface area (TPSA) is 38.3 Å². The zero-order valence-corrected chi connectivity index (χ0v) is 8.23. The standard InChI is InChI=1S/C9H17NO2/c1-5-8(10-4)7(3)9(11)12-6-2/h10H,5-6H2,1-4H3/b8-7-. The fourth-order valence-electron chi connectivity index (χ4n) is 0.992. The van der Waals surface area contributed by atoms with Crippen LogP contribution in [0.5, 0.6) is 0 Å². The van der Waals surface area contributed by atoms with Gasteiger partial charge in [0.15, 0.2) is 0 Å². The van der Waals surface area contributed by atoms with Crippen LogP contribution in [0.1, 0.15) is 27.2 Å². The van der Waals surface area contributed by atoms with E-state index >= 15 is 0 Å². The molecule has 0 aliphatic rings. The fourth-order valence-corrected chi connectivity index (χ4v) is 0.992. The van der Waals surface area contributed by atoms with Gasteiger partial charge in [-0.05, 0) is 20.3 Å². The van der Waals surface area contributed by atoms with Crippen LogP contribution in [-0.2, 0) is 9.53 Å². The summed E-state index contributed by atoms with van der Waals surface area (Å²) in [7, 11) is 1.81. The first-order valence-electron chi connectivity index (χ1n) is 4.21. The van der Waals surface area contributed by atoms with Gasteiger partial charge >= 0.3 is 5.97 Å². The first-order valence-corrected chi connectivity index (χ1v) is 4.21. The number of allylic oxidation sites excluding steroid dienone is 1. The molecule has 0 amide bonds. The van der Waals surface area contributed by atoms with Crippen LogP contribution in [0.15, 0.2) is 11.3 Å². The molecule has 0 heterocycles. The Hall–Kier alpha value is -0.990. The van der Waals surface area contributed by atoms with E-state index in [2.05, 4.69) is 5.32 Å². The van der Waals surface area contributed by atoms with Crippen LogP contribution < -0.4 is 5.32 Å². The lowest BCUT2D eigenvalue weighted by molar-refractivity contribution is -0.138. The lowest BCUT2D eigenvalue weighted by Gasteiger charge is -2.08. The highest BCUT2D eigenvalue weighted by Gasteiger charge is 2.08. The summed E-state index contributed by atoms with van der Waals surface area (Å²) in [5.41, 5.74) is 1.61. The Morgan fingerprint density at radius 3 is 2.33 bits per heavy atom. The van der Waals surface area contributed by atoms with Crippen molar-refractivity contribution in [2.75, 3.05) is 13.7 Å². The maximum Gasteiger partial charge on any atom is 0.335 e. The van der Waals surface area contributed by atoms with Crippen molar-refractivity contribution >= 4 is 5.97 Å². The second-order valence-corrected chi connectivity index (χ2v) is 2.43. The molecular weight excluding hydrogens is 154 g/mol. The summed E-state index contributed by atoms with van der Waals surface area (Å²) in [5, 5.41) is 2.97. The molecule has 0 bridgehead atoms. The van der Waals surface area contributed by atoms with Gasteiger partial charge in [0, 0.05) is 12.7 Å². The number of carbonyl (C=O) groups is 1. The Morgan fingerprint density at radius 2 is 2.00 bits per heavy atom. The minimum absolute atomic E-state index is 0.233. The number of rotatable bonds is 4. The number of ether oxygens (including phenoxy) is 1. The SMILES string of the molecule is CCOC(=O)/C(C)=C(/CC)NC. The van der Waals surface area contributed by atoms with Crippen molar-refractivity contribution in [2.24, 2.45) is 0 Å². The monoisotopic (exact) mass is 171 g/mol. The summed E-state index contributed by atoms with van der Waals surface area (Å²) in [6, 6.07) is 0. The van der Waals surface area contributed by atoms with Crippen molar-refractivity contribution in [2.45, 2.75) is 27.2 Å². The molecule has 3 heteroatoms. The molecule has 0 rings (SSSR count). The predicted molar refractivity (Wildman–Crippen MR) is 48.7 cm³/mol. The lowest BCUT2D eigenvalue weighted by Crippen LogP contribution is -2.14. The summed E-state index contributed by atoms with van der Waals surface area (Å²) in [6.07, 6.45) is 0.821.